The molecule has 63 heavy (non-hydrogen) atoms. The molecule has 0 unspecified atom stereocenters. The minimum absolute atomic E-state index is 0.00956. The van der Waals surface area contributed by atoms with Gasteiger partial charge in [-0.15, -0.1) is 6.58 Å². The van der Waals surface area contributed by atoms with Gasteiger partial charge in [-0.3, -0.25) is 14.4 Å². The highest BCUT2D eigenvalue weighted by Crippen LogP contribution is 2.35. The second kappa shape index (κ2) is 18.3. The van der Waals surface area contributed by atoms with E-state index in [2.05, 4.69) is 17.2 Å². The van der Waals surface area contributed by atoms with E-state index in [1.54, 1.807) is 68.4 Å². The zero-order chi connectivity index (χ0) is 44.2. The van der Waals surface area contributed by atoms with Crippen LogP contribution in [0.4, 0.5) is 10.5 Å². The first-order valence-electron chi connectivity index (χ1n) is 21.1. The average molecular weight is 846 g/mol. The van der Waals surface area contributed by atoms with E-state index in [1.165, 1.54) is 0 Å². The summed E-state index contributed by atoms with van der Waals surface area (Å²) in [6, 6.07) is 35.7. The van der Waals surface area contributed by atoms with Crippen LogP contribution in [0.15, 0.2) is 140 Å². The maximum Gasteiger partial charge on any atom is 0.334 e. The molecule has 0 spiro atoms. The minimum atomic E-state index is -0.924. The van der Waals surface area contributed by atoms with Crippen LogP contribution in [0.2, 0.25) is 0 Å². The number of hydrogen-bond acceptors (Lipinski definition) is 7. The topological polar surface area (TPSA) is 140 Å². The van der Waals surface area contributed by atoms with E-state index in [1.807, 2.05) is 111 Å². The number of benzene rings is 5. The van der Waals surface area contributed by atoms with Crippen LogP contribution >= 0.6 is 0 Å². The Morgan fingerprint density at radius 2 is 1.65 bits per heavy atom. The monoisotopic (exact) mass is 845 g/mol. The van der Waals surface area contributed by atoms with Gasteiger partial charge < -0.3 is 34.8 Å². The number of piperazine rings is 1. The van der Waals surface area contributed by atoms with Crippen LogP contribution in [-0.2, 0) is 36.1 Å². The van der Waals surface area contributed by atoms with Gasteiger partial charge in [0.25, 0.3) is 5.91 Å². The highest BCUT2D eigenvalue weighted by Gasteiger charge is 2.51. The molecule has 2 atom stereocenters. The third-order valence-corrected chi connectivity index (χ3v) is 11.4. The van der Waals surface area contributed by atoms with Gasteiger partial charge >= 0.3 is 6.03 Å². The van der Waals surface area contributed by atoms with Gasteiger partial charge in [0.2, 0.25) is 11.8 Å². The fraction of sp³-hybridized carbons (Fsp3) is 0.240. The first kappa shape index (κ1) is 42.3. The van der Waals surface area contributed by atoms with Crippen molar-refractivity contribution in [3.63, 3.8) is 0 Å². The lowest BCUT2D eigenvalue weighted by Gasteiger charge is -2.55. The number of aryl methyl sites for hydroxylation is 1. The number of carbonyl (C=O) groups is 4. The van der Waals surface area contributed by atoms with Crippen molar-refractivity contribution in [2.24, 2.45) is 7.05 Å². The number of hydrazine groups is 1. The molecule has 5 aromatic carbocycles. The predicted molar refractivity (Wildman–Crippen MR) is 242 cm³/mol. The number of aromatic nitrogens is 1. The third-order valence-electron chi connectivity index (χ3n) is 11.4. The maximum absolute atomic E-state index is 14.8. The molecule has 13 heteroatoms. The van der Waals surface area contributed by atoms with Gasteiger partial charge in [-0.1, -0.05) is 84.9 Å². The normalized spacial score (nSPS) is 16.6. The second-order valence-electron chi connectivity index (χ2n) is 16.2. The van der Waals surface area contributed by atoms with Crippen LogP contribution in [0.5, 0.6) is 11.5 Å². The summed E-state index contributed by atoms with van der Waals surface area (Å²) in [6.07, 6.45) is 3.07. The second-order valence-corrected chi connectivity index (χ2v) is 16.2. The first-order valence-corrected chi connectivity index (χ1v) is 21.1. The quantitative estimate of drug-likeness (QED) is 0.104. The Hall–Kier alpha value is -7.38. The van der Waals surface area contributed by atoms with Gasteiger partial charge in [-0.05, 0) is 72.5 Å². The largest absolute Gasteiger partial charge is 0.508 e. The smallest absolute Gasteiger partial charge is 0.334 e. The third kappa shape index (κ3) is 9.14. The number of nitrogens with one attached hydrogen (secondary N) is 2. The Morgan fingerprint density at radius 3 is 2.38 bits per heavy atom. The molecule has 1 aromatic heterocycles. The molecule has 13 nitrogen and oxygen atoms in total. The standard InChI is InChI=1S/C50H51N7O6/c1-5-25-55-32-46(59)56-44(26-34-17-23-40(58)24-18-34)49(61)54(31-45(56)57(55)50(62)51-28-35-11-7-6-8-12-35)29-38-13-9-16-42-43(30-53(4)47(38)42)36-19-21-37(22-20-36)48(60)52-39-14-10-15-41(27-39)63-33(2)3/h5-24,27,30,33,44-45,58H,1,25-26,28-29,31-32H2,2-4H3,(H,51,62)(H,52,60)/t44-,45-/m0/s1. The van der Waals surface area contributed by atoms with E-state index in [0.717, 1.165) is 38.7 Å². The molecule has 3 N–H and O–H groups in total. The zero-order valence-corrected chi connectivity index (χ0v) is 35.6. The van der Waals surface area contributed by atoms with Crippen LogP contribution in [0.3, 0.4) is 0 Å². The first-order chi connectivity index (χ1) is 30.5. The molecule has 2 aliphatic rings. The van der Waals surface area contributed by atoms with Crippen LogP contribution in [-0.4, -0.2) is 91.2 Å². The number of hydrogen-bond donors (Lipinski definition) is 3. The van der Waals surface area contributed by atoms with Crippen LogP contribution < -0.4 is 15.4 Å². The van der Waals surface area contributed by atoms with E-state index in [0.29, 0.717) is 17.0 Å². The molecule has 2 aliphatic heterocycles. The Balaban J connectivity index is 1.09. The molecule has 2 saturated heterocycles. The zero-order valence-electron chi connectivity index (χ0n) is 35.6. The summed E-state index contributed by atoms with van der Waals surface area (Å²) in [6.45, 7) is 8.47. The van der Waals surface area contributed by atoms with Gasteiger partial charge in [0.15, 0.2) is 0 Å². The van der Waals surface area contributed by atoms with Crippen LogP contribution in [0.25, 0.3) is 22.0 Å². The number of phenols is 1. The van der Waals surface area contributed by atoms with Crippen molar-refractivity contribution in [3.05, 3.63) is 162 Å². The lowest BCUT2D eigenvalue weighted by Crippen LogP contribution is -2.76. The molecule has 0 saturated carbocycles. The predicted octanol–water partition coefficient (Wildman–Crippen LogP) is 7.33. The number of amides is 5. The summed E-state index contributed by atoms with van der Waals surface area (Å²) in [5.41, 5.74) is 6.51. The molecule has 3 heterocycles. The number of anilines is 1. The molecule has 8 rings (SSSR count). The Labute approximate surface area is 366 Å². The highest BCUT2D eigenvalue weighted by atomic mass is 16.5. The average Bonchev–Trinajstić information content (AvgIpc) is 3.62. The molecule has 5 amide bonds. The van der Waals surface area contributed by atoms with E-state index in [-0.39, 0.29) is 68.7 Å². The Bertz CT molecular complexity index is 2640. The summed E-state index contributed by atoms with van der Waals surface area (Å²) in [5.74, 6) is 0.0195. The van der Waals surface area contributed by atoms with Gasteiger partial charge in [-0.2, -0.15) is 0 Å². The Kier molecular flexibility index (Phi) is 12.3. The van der Waals surface area contributed by atoms with Gasteiger partial charge in [-0.25, -0.2) is 14.8 Å². The number of aromatic hydroxyl groups is 1. The van der Waals surface area contributed by atoms with E-state index < -0.39 is 18.2 Å². The minimum Gasteiger partial charge on any atom is -0.508 e. The van der Waals surface area contributed by atoms with Gasteiger partial charge in [0.05, 0.1) is 24.7 Å². The summed E-state index contributed by atoms with van der Waals surface area (Å²) in [4.78, 5) is 59.7. The molecule has 0 aliphatic carbocycles. The summed E-state index contributed by atoms with van der Waals surface area (Å²) < 4.78 is 7.83. The molecule has 322 valence electrons. The van der Waals surface area contributed by atoms with Crippen molar-refractivity contribution in [1.29, 1.82) is 0 Å². The summed E-state index contributed by atoms with van der Waals surface area (Å²) >= 11 is 0. The summed E-state index contributed by atoms with van der Waals surface area (Å²) in [7, 11) is 1.97. The van der Waals surface area contributed by atoms with E-state index >= 15 is 0 Å². The highest BCUT2D eigenvalue weighted by molar-refractivity contribution is 6.05. The van der Waals surface area contributed by atoms with Gasteiger partial charge in [0.1, 0.15) is 23.7 Å². The van der Waals surface area contributed by atoms with Crippen molar-refractivity contribution in [1.82, 2.24) is 29.7 Å². The van der Waals surface area contributed by atoms with Crippen molar-refractivity contribution >= 4 is 40.3 Å². The number of rotatable bonds is 13. The molecular formula is C50H51N7O6. The van der Waals surface area contributed by atoms with Crippen molar-refractivity contribution in [2.45, 2.75) is 51.7 Å². The van der Waals surface area contributed by atoms with Crippen molar-refractivity contribution in [3.8, 4) is 22.6 Å². The molecule has 0 radical (unpaired) electrons. The molecular weight excluding hydrogens is 795 g/mol. The van der Waals surface area contributed by atoms with Crippen molar-refractivity contribution < 1.29 is 29.0 Å². The van der Waals surface area contributed by atoms with Gasteiger partial charge in [0, 0.05) is 67.6 Å². The SMILES string of the molecule is C=CCN1CC(=O)N2[C@@H](Cc3ccc(O)cc3)C(=O)N(Cc3cccc4c(-c5ccc(C(=O)Nc6cccc(OC(C)C)c6)cc5)cn(C)c34)C[C@@H]2N1C(=O)NCc1ccccc1. The fourth-order valence-electron chi connectivity index (χ4n) is 8.59. The number of para-hydroxylation sites is 1. The number of carbonyl (C=O) groups excluding carboxylic acids is 4. The number of ether oxygens (including phenoxy) is 1. The number of nitrogens with zero attached hydrogens (tertiary/aromatic N) is 5. The Morgan fingerprint density at radius 1 is 0.905 bits per heavy atom. The lowest BCUT2D eigenvalue weighted by atomic mass is 9.97. The molecule has 2 fully saturated rings. The number of fused-ring (bicyclic) bond motifs is 2. The van der Waals surface area contributed by atoms with E-state index in [9.17, 15) is 24.3 Å². The fourth-order valence-corrected chi connectivity index (χ4v) is 8.59. The van der Waals surface area contributed by atoms with Crippen LogP contribution in [0.1, 0.15) is 40.9 Å². The number of phenolic OH excluding ortho intramolecular Hbond substituents is 1. The maximum atomic E-state index is 14.8. The number of urea groups is 1. The molecule has 0 bridgehead atoms. The van der Waals surface area contributed by atoms with Crippen molar-refractivity contribution in [2.75, 3.05) is 25.0 Å². The van der Waals surface area contributed by atoms with Crippen LogP contribution in [0, 0.1) is 0 Å². The van der Waals surface area contributed by atoms with E-state index in [4.69, 9.17) is 4.74 Å². The molecule has 6 aromatic rings. The lowest BCUT2D eigenvalue weighted by molar-refractivity contribution is -0.189. The summed E-state index contributed by atoms with van der Waals surface area (Å²) in [5, 5.41) is 20.2.